The highest BCUT2D eigenvalue weighted by Gasteiger charge is 2.25. The third-order valence-electron chi connectivity index (χ3n) is 3.21. The maximum atomic E-state index is 12.5. The molecular formula is C12H19N5O2S. The van der Waals surface area contributed by atoms with E-state index in [4.69, 9.17) is 0 Å². The summed E-state index contributed by atoms with van der Waals surface area (Å²) in [5.41, 5.74) is 1.50. The van der Waals surface area contributed by atoms with Crippen LogP contribution in [0.15, 0.2) is 23.5 Å². The first kappa shape index (κ1) is 14.7. The van der Waals surface area contributed by atoms with Gasteiger partial charge in [-0.3, -0.25) is 9.36 Å². The van der Waals surface area contributed by atoms with Crippen LogP contribution in [0, 0.1) is 6.92 Å². The molecule has 2 aromatic heterocycles. The van der Waals surface area contributed by atoms with Crippen molar-refractivity contribution in [1.82, 2.24) is 23.9 Å². The Bertz CT molecular complexity index is 701. The van der Waals surface area contributed by atoms with Crippen LogP contribution < -0.4 is 0 Å². The van der Waals surface area contributed by atoms with Crippen LogP contribution >= 0.6 is 0 Å². The summed E-state index contributed by atoms with van der Waals surface area (Å²) in [5, 5.41) is 8.13. The second kappa shape index (κ2) is 5.37. The van der Waals surface area contributed by atoms with Gasteiger partial charge in [-0.1, -0.05) is 0 Å². The predicted octanol–water partition coefficient (Wildman–Crippen LogP) is 0.766. The molecule has 0 spiro atoms. The summed E-state index contributed by atoms with van der Waals surface area (Å²) in [7, 11) is -0.175. The fraction of sp³-hybridized carbons (Fsp3) is 0.500. The Hall–Kier alpha value is -1.67. The molecule has 8 heteroatoms. The summed E-state index contributed by atoms with van der Waals surface area (Å²) < 4.78 is 29.7. The van der Waals surface area contributed by atoms with Crippen molar-refractivity contribution in [3.63, 3.8) is 0 Å². The Morgan fingerprint density at radius 3 is 2.50 bits per heavy atom. The molecule has 20 heavy (non-hydrogen) atoms. The molecule has 0 amide bonds. The minimum Gasteiger partial charge on any atom is -0.275 e. The van der Waals surface area contributed by atoms with Crippen molar-refractivity contribution >= 4 is 10.0 Å². The van der Waals surface area contributed by atoms with Crippen LogP contribution in [0.1, 0.15) is 18.2 Å². The normalized spacial score (nSPS) is 12.2. The quantitative estimate of drug-likeness (QED) is 0.817. The van der Waals surface area contributed by atoms with E-state index in [1.54, 1.807) is 42.8 Å². The number of hydrogen-bond donors (Lipinski definition) is 0. The first-order chi connectivity index (χ1) is 9.36. The van der Waals surface area contributed by atoms with Crippen molar-refractivity contribution in [3.8, 4) is 0 Å². The monoisotopic (exact) mass is 297 g/mol. The SMILES string of the molecule is CCn1ncc(S(=O)(=O)N(C)Cc2cnn(C)c2)c1C. The van der Waals surface area contributed by atoms with Crippen LogP contribution in [0.25, 0.3) is 0 Å². The Balaban J connectivity index is 2.27. The van der Waals surface area contributed by atoms with Crippen molar-refractivity contribution in [2.24, 2.45) is 7.05 Å². The summed E-state index contributed by atoms with van der Waals surface area (Å²) in [6.45, 7) is 4.62. The van der Waals surface area contributed by atoms with Gasteiger partial charge in [0, 0.05) is 38.9 Å². The van der Waals surface area contributed by atoms with Crippen molar-refractivity contribution in [1.29, 1.82) is 0 Å². The number of hydrogen-bond acceptors (Lipinski definition) is 4. The molecule has 0 aliphatic heterocycles. The van der Waals surface area contributed by atoms with E-state index < -0.39 is 10.0 Å². The third kappa shape index (κ3) is 2.61. The first-order valence-electron chi connectivity index (χ1n) is 6.32. The van der Waals surface area contributed by atoms with Crippen LogP contribution in [-0.4, -0.2) is 39.3 Å². The van der Waals surface area contributed by atoms with Gasteiger partial charge < -0.3 is 0 Å². The largest absolute Gasteiger partial charge is 0.275 e. The highest BCUT2D eigenvalue weighted by Crippen LogP contribution is 2.19. The van der Waals surface area contributed by atoms with Crippen molar-refractivity contribution in [3.05, 3.63) is 29.8 Å². The second-order valence-corrected chi connectivity index (χ2v) is 6.71. The molecular weight excluding hydrogens is 278 g/mol. The second-order valence-electron chi connectivity index (χ2n) is 4.69. The Labute approximate surface area is 118 Å². The summed E-state index contributed by atoms with van der Waals surface area (Å²) in [5.74, 6) is 0. The number of nitrogens with zero attached hydrogens (tertiary/aromatic N) is 5. The van der Waals surface area contributed by atoms with E-state index in [0.717, 1.165) is 5.56 Å². The number of sulfonamides is 1. The maximum absolute atomic E-state index is 12.5. The smallest absolute Gasteiger partial charge is 0.246 e. The average Bonchev–Trinajstić information content (AvgIpc) is 2.95. The lowest BCUT2D eigenvalue weighted by molar-refractivity contribution is 0.466. The molecule has 0 saturated carbocycles. The lowest BCUT2D eigenvalue weighted by atomic mass is 10.4. The molecule has 0 aliphatic rings. The first-order valence-corrected chi connectivity index (χ1v) is 7.76. The van der Waals surface area contributed by atoms with E-state index in [1.165, 1.54) is 10.5 Å². The van der Waals surface area contributed by atoms with Gasteiger partial charge in [-0.15, -0.1) is 0 Å². The van der Waals surface area contributed by atoms with E-state index >= 15 is 0 Å². The minimum atomic E-state index is -3.53. The van der Waals surface area contributed by atoms with Crippen LogP contribution in [0.3, 0.4) is 0 Å². The standard InChI is InChI=1S/C12H19N5O2S/c1-5-17-10(2)12(7-14-17)20(18,19)16(4)9-11-6-13-15(3)8-11/h6-8H,5,9H2,1-4H3. The summed E-state index contributed by atoms with van der Waals surface area (Å²) >= 11 is 0. The van der Waals surface area contributed by atoms with Crippen molar-refractivity contribution in [2.45, 2.75) is 31.8 Å². The van der Waals surface area contributed by atoms with Gasteiger partial charge in [-0.2, -0.15) is 14.5 Å². The van der Waals surface area contributed by atoms with Crippen molar-refractivity contribution in [2.75, 3.05) is 7.05 Å². The zero-order chi connectivity index (χ0) is 14.9. The van der Waals surface area contributed by atoms with Crippen LogP contribution in [0.5, 0.6) is 0 Å². The van der Waals surface area contributed by atoms with E-state index in [0.29, 0.717) is 12.2 Å². The molecule has 0 fully saturated rings. The summed E-state index contributed by atoms with van der Waals surface area (Å²) in [6, 6.07) is 0. The van der Waals surface area contributed by atoms with Gasteiger partial charge in [0.15, 0.2) is 0 Å². The molecule has 0 saturated heterocycles. The van der Waals surface area contributed by atoms with Gasteiger partial charge in [-0.05, 0) is 13.8 Å². The summed E-state index contributed by atoms with van der Waals surface area (Å²) in [6.07, 6.45) is 4.87. The number of aryl methyl sites for hydroxylation is 2. The molecule has 7 nitrogen and oxygen atoms in total. The van der Waals surface area contributed by atoms with Crippen LogP contribution in [0.4, 0.5) is 0 Å². The molecule has 110 valence electrons. The molecule has 0 bridgehead atoms. The van der Waals surface area contributed by atoms with Gasteiger partial charge in [0.25, 0.3) is 0 Å². The van der Waals surface area contributed by atoms with E-state index in [2.05, 4.69) is 10.2 Å². The van der Waals surface area contributed by atoms with Gasteiger partial charge >= 0.3 is 0 Å². The average molecular weight is 297 g/mol. The fourth-order valence-electron chi connectivity index (χ4n) is 2.06. The zero-order valence-corrected chi connectivity index (χ0v) is 12.9. The van der Waals surface area contributed by atoms with Gasteiger partial charge in [0.2, 0.25) is 10.0 Å². The fourth-order valence-corrected chi connectivity index (χ4v) is 3.38. The molecule has 0 atom stereocenters. The lowest BCUT2D eigenvalue weighted by Crippen LogP contribution is -2.26. The number of aromatic nitrogens is 4. The Morgan fingerprint density at radius 2 is 2.00 bits per heavy atom. The third-order valence-corrected chi connectivity index (χ3v) is 5.12. The molecule has 2 heterocycles. The predicted molar refractivity (Wildman–Crippen MR) is 74.5 cm³/mol. The van der Waals surface area contributed by atoms with Gasteiger partial charge in [0.05, 0.1) is 18.1 Å². The Morgan fingerprint density at radius 1 is 1.30 bits per heavy atom. The van der Waals surface area contributed by atoms with E-state index in [-0.39, 0.29) is 11.4 Å². The number of rotatable bonds is 5. The maximum Gasteiger partial charge on any atom is 0.246 e. The molecule has 0 unspecified atom stereocenters. The van der Waals surface area contributed by atoms with Gasteiger partial charge in [0.1, 0.15) is 4.90 Å². The highest BCUT2D eigenvalue weighted by molar-refractivity contribution is 7.89. The van der Waals surface area contributed by atoms with Crippen LogP contribution in [0.2, 0.25) is 0 Å². The molecule has 0 N–H and O–H groups in total. The molecule has 0 radical (unpaired) electrons. The molecule has 0 aromatic carbocycles. The topological polar surface area (TPSA) is 73.0 Å². The van der Waals surface area contributed by atoms with Crippen LogP contribution in [-0.2, 0) is 30.2 Å². The zero-order valence-electron chi connectivity index (χ0n) is 12.1. The molecule has 2 rings (SSSR count). The minimum absolute atomic E-state index is 0.255. The molecule has 2 aromatic rings. The Kier molecular flexibility index (Phi) is 3.96. The lowest BCUT2D eigenvalue weighted by Gasteiger charge is -2.16. The highest BCUT2D eigenvalue weighted by atomic mass is 32.2. The van der Waals surface area contributed by atoms with E-state index in [1.807, 2.05) is 6.92 Å². The molecule has 0 aliphatic carbocycles. The summed E-state index contributed by atoms with van der Waals surface area (Å²) in [4.78, 5) is 0.255. The van der Waals surface area contributed by atoms with E-state index in [9.17, 15) is 8.42 Å². The van der Waals surface area contributed by atoms with Crippen molar-refractivity contribution < 1.29 is 8.42 Å². The van der Waals surface area contributed by atoms with Gasteiger partial charge in [-0.25, -0.2) is 8.42 Å².